The zero-order valence-corrected chi connectivity index (χ0v) is 13.6. The van der Waals surface area contributed by atoms with Gasteiger partial charge < -0.3 is 10.6 Å². The first-order valence-corrected chi connectivity index (χ1v) is 7.55. The van der Waals surface area contributed by atoms with Crippen LogP contribution in [0.25, 0.3) is 0 Å². The lowest BCUT2D eigenvalue weighted by atomic mass is 10.1. The minimum atomic E-state index is 0.419. The molecule has 0 unspecified atom stereocenters. The van der Waals surface area contributed by atoms with Gasteiger partial charge in [-0.25, -0.2) is 0 Å². The van der Waals surface area contributed by atoms with Crippen LogP contribution in [0.5, 0.6) is 0 Å². The van der Waals surface area contributed by atoms with Crippen molar-refractivity contribution >= 4 is 34.7 Å². The van der Waals surface area contributed by atoms with E-state index in [0.717, 1.165) is 22.5 Å². The summed E-state index contributed by atoms with van der Waals surface area (Å²) < 4.78 is 0. The third kappa shape index (κ3) is 3.76. The molecule has 0 radical (unpaired) electrons. The van der Waals surface area contributed by atoms with Crippen molar-refractivity contribution in [2.24, 2.45) is 0 Å². The van der Waals surface area contributed by atoms with E-state index in [4.69, 9.17) is 11.6 Å². The Labute approximate surface area is 139 Å². The number of hydrogen-bond acceptors (Lipinski definition) is 5. The minimum Gasteiger partial charge on any atom is -0.337 e. The van der Waals surface area contributed by atoms with Crippen molar-refractivity contribution in [1.29, 1.82) is 0 Å². The van der Waals surface area contributed by atoms with Crippen LogP contribution in [0.4, 0.5) is 23.1 Å². The van der Waals surface area contributed by atoms with Crippen LogP contribution in [0.1, 0.15) is 11.1 Å². The molecule has 0 aliphatic rings. The smallest absolute Gasteiger partial charge is 0.249 e. The molecule has 0 saturated heterocycles. The highest BCUT2D eigenvalue weighted by atomic mass is 35.5. The van der Waals surface area contributed by atoms with Gasteiger partial charge in [0.1, 0.15) is 0 Å². The Morgan fingerprint density at radius 2 is 1.78 bits per heavy atom. The number of anilines is 4. The molecule has 0 bridgehead atoms. The molecule has 0 aliphatic carbocycles. The Morgan fingerprint density at radius 1 is 1.00 bits per heavy atom. The van der Waals surface area contributed by atoms with Gasteiger partial charge in [0.15, 0.2) is 5.82 Å². The number of benzene rings is 2. The Hall–Kier alpha value is -2.66. The molecule has 3 rings (SSSR count). The van der Waals surface area contributed by atoms with E-state index in [1.807, 2.05) is 50.2 Å². The molecule has 6 heteroatoms. The van der Waals surface area contributed by atoms with Gasteiger partial charge in [-0.05, 0) is 43.2 Å². The lowest BCUT2D eigenvalue weighted by Gasteiger charge is -2.12. The molecular weight excluding hydrogens is 310 g/mol. The molecule has 1 heterocycles. The molecule has 3 aromatic rings. The monoisotopic (exact) mass is 325 g/mol. The standard InChI is InChI=1S/C17H16ClN5/c1-11-8-12(2)16(14(18)9-11)21-15-10-19-23-17(22-15)20-13-6-4-3-5-7-13/h3-10H,1-2H3,(H2,20,21,22,23). The Balaban J connectivity index is 1.83. The SMILES string of the molecule is Cc1cc(C)c(Nc2cnnc(Nc3ccccc3)n2)c(Cl)c1. The van der Waals surface area contributed by atoms with Gasteiger partial charge in [0.05, 0.1) is 16.9 Å². The second-order valence-electron chi connectivity index (χ2n) is 5.22. The highest BCUT2D eigenvalue weighted by molar-refractivity contribution is 6.33. The van der Waals surface area contributed by atoms with E-state index in [-0.39, 0.29) is 0 Å². The summed E-state index contributed by atoms with van der Waals surface area (Å²) in [6, 6.07) is 13.7. The van der Waals surface area contributed by atoms with Crippen molar-refractivity contribution in [3.05, 3.63) is 64.8 Å². The second-order valence-corrected chi connectivity index (χ2v) is 5.63. The lowest BCUT2D eigenvalue weighted by Crippen LogP contribution is -2.03. The summed E-state index contributed by atoms with van der Waals surface area (Å²) in [5, 5.41) is 14.9. The van der Waals surface area contributed by atoms with Crippen molar-refractivity contribution in [3.63, 3.8) is 0 Å². The lowest BCUT2D eigenvalue weighted by molar-refractivity contribution is 0.982. The molecule has 0 aliphatic heterocycles. The van der Waals surface area contributed by atoms with Crippen molar-refractivity contribution in [2.45, 2.75) is 13.8 Å². The summed E-state index contributed by atoms with van der Waals surface area (Å²) in [5.74, 6) is 0.995. The fourth-order valence-corrected chi connectivity index (χ4v) is 2.64. The fraction of sp³-hybridized carbons (Fsp3) is 0.118. The molecule has 23 heavy (non-hydrogen) atoms. The average molecular weight is 326 g/mol. The van der Waals surface area contributed by atoms with Crippen LogP contribution in [0.2, 0.25) is 5.02 Å². The summed E-state index contributed by atoms with van der Waals surface area (Å²) >= 11 is 6.31. The summed E-state index contributed by atoms with van der Waals surface area (Å²) in [5.41, 5.74) is 3.89. The van der Waals surface area contributed by atoms with E-state index in [1.165, 1.54) is 0 Å². The van der Waals surface area contributed by atoms with Crippen LogP contribution in [0, 0.1) is 13.8 Å². The van der Waals surface area contributed by atoms with Gasteiger partial charge in [-0.1, -0.05) is 35.9 Å². The third-order valence-corrected chi connectivity index (χ3v) is 3.57. The maximum absolute atomic E-state index is 6.31. The number of hydrogen-bond donors (Lipinski definition) is 2. The molecule has 2 N–H and O–H groups in total. The van der Waals surface area contributed by atoms with Gasteiger partial charge >= 0.3 is 0 Å². The van der Waals surface area contributed by atoms with E-state index in [1.54, 1.807) is 6.20 Å². The Morgan fingerprint density at radius 3 is 2.52 bits per heavy atom. The summed E-state index contributed by atoms with van der Waals surface area (Å²) in [6.07, 6.45) is 1.56. The van der Waals surface area contributed by atoms with Crippen LogP contribution in [-0.2, 0) is 0 Å². The van der Waals surface area contributed by atoms with Crippen LogP contribution in [0.15, 0.2) is 48.7 Å². The quantitative estimate of drug-likeness (QED) is 0.732. The number of para-hydroxylation sites is 1. The zero-order chi connectivity index (χ0) is 16.2. The van der Waals surface area contributed by atoms with Gasteiger partial charge in [0.2, 0.25) is 5.95 Å². The van der Waals surface area contributed by atoms with Crippen molar-refractivity contribution in [2.75, 3.05) is 10.6 Å². The topological polar surface area (TPSA) is 62.7 Å². The Kier molecular flexibility index (Phi) is 4.39. The van der Waals surface area contributed by atoms with Crippen LogP contribution >= 0.6 is 11.6 Å². The summed E-state index contributed by atoms with van der Waals surface area (Å²) in [6.45, 7) is 4.01. The van der Waals surface area contributed by atoms with Gasteiger partial charge in [-0.3, -0.25) is 0 Å². The normalized spacial score (nSPS) is 10.4. The minimum absolute atomic E-state index is 0.419. The molecule has 0 atom stereocenters. The number of aromatic nitrogens is 3. The van der Waals surface area contributed by atoms with Crippen molar-refractivity contribution < 1.29 is 0 Å². The number of nitrogens with zero attached hydrogens (tertiary/aromatic N) is 3. The van der Waals surface area contributed by atoms with Gasteiger partial charge in [0.25, 0.3) is 0 Å². The van der Waals surface area contributed by atoms with Crippen LogP contribution in [-0.4, -0.2) is 15.2 Å². The van der Waals surface area contributed by atoms with E-state index >= 15 is 0 Å². The molecule has 0 amide bonds. The predicted octanol–water partition coefficient (Wildman–Crippen LogP) is 4.63. The van der Waals surface area contributed by atoms with Crippen LogP contribution < -0.4 is 10.6 Å². The van der Waals surface area contributed by atoms with Crippen molar-refractivity contribution in [1.82, 2.24) is 15.2 Å². The maximum atomic E-state index is 6.31. The Bertz CT molecular complexity index is 797. The summed E-state index contributed by atoms with van der Waals surface area (Å²) in [7, 11) is 0. The third-order valence-electron chi connectivity index (χ3n) is 3.27. The average Bonchev–Trinajstić information content (AvgIpc) is 2.52. The zero-order valence-electron chi connectivity index (χ0n) is 12.8. The van der Waals surface area contributed by atoms with Gasteiger partial charge in [-0.2, -0.15) is 10.1 Å². The number of halogens is 1. The molecule has 1 aromatic heterocycles. The molecule has 2 aromatic carbocycles. The molecule has 5 nitrogen and oxygen atoms in total. The molecule has 0 spiro atoms. The van der Waals surface area contributed by atoms with Crippen LogP contribution in [0.3, 0.4) is 0 Å². The molecule has 116 valence electrons. The van der Waals surface area contributed by atoms with Gasteiger partial charge in [0, 0.05) is 5.69 Å². The molecule has 0 fully saturated rings. The first kappa shape index (κ1) is 15.2. The largest absolute Gasteiger partial charge is 0.337 e. The maximum Gasteiger partial charge on any atom is 0.249 e. The van der Waals surface area contributed by atoms with E-state index < -0.39 is 0 Å². The molecule has 0 saturated carbocycles. The first-order valence-electron chi connectivity index (χ1n) is 7.17. The predicted molar refractivity (Wildman–Crippen MR) is 93.8 cm³/mol. The van der Waals surface area contributed by atoms with E-state index in [2.05, 4.69) is 31.9 Å². The summed E-state index contributed by atoms with van der Waals surface area (Å²) in [4.78, 5) is 4.41. The highest BCUT2D eigenvalue weighted by Crippen LogP contribution is 2.29. The number of nitrogens with one attached hydrogen (secondary N) is 2. The molecular formula is C17H16ClN5. The van der Waals surface area contributed by atoms with Gasteiger partial charge in [-0.15, -0.1) is 5.10 Å². The van der Waals surface area contributed by atoms with Crippen molar-refractivity contribution in [3.8, 4) is 0 Å². The second kappa shape index (κ2) is 6.62. The first-order chi connectivity index (χ1) is 11.1. The van der Waals surface area contributed by atoms with E-state index in [0.29, 0.717) is 16.8 Å². The number of rotatable bonds is 4. The fourth-order valence-electron chi connectivity index (χ4n) is 2.27. The highest BCUT2D eigenvalue weighted by Gasteiger charge is 2.08. The number of aryl methyl sites for hydroxylation is 2. The van der Waals surface area contributed by atoms with E-state index in [9.17, 15) is 0 Å².